The summed E-state index contributed by atoms with van der Waals surface area (Å²) in [6.07, 6.45) is 76.9. The second-order valence-corrected chi connectivity index (χ2v) is 22.7. The number of carbonyl (C=O) groups is 3. The van der Waals surface area contributed by atoms with Gasteiger partial charge in [0.15, 0.2) is 6.10 Å². The van der Waals surface area contributed by atoms with E-state index in [1.165, 1.54) is 257 Å². The number of carbonyl (C=O) groups excluding carboxylic acids is 3. The fourth-order valence-corrected chi connectivity index (χ4v) is 10.2. The van der Waals surface area contributed by atoms with E-state index in [9.17, 15) is 14.4 Å². The monoisotopic (exact) mass is 1040 g/mol. The summed E-state index contributed by atoms with van der Waals surface area (Å²) in [5.74, 6) is -0.877. The van der Waals surface area contributed by atoms with Crippen LogP contribution in [0.3, 0.4) is 0 Å². The smallest absolute Gasteiger partial charge is 0.306 e. The van der Waals surface area contributed by atoms with Crippen LogP contribution in [-0.4, -0.2) is 37.2 Å². The Hall–Kier alpha value is -2.11. The zero-order valence-corrected chi connectivity index (χ0v) is 50.1. The Balaban J connectivity index is 3.86. The molecule has 0 aliphatic carbocycles. The molecule has 0 aromatic carbocycles. The highest BCUT2D eigenvalue weighted by atomic mass is 16.6. The topological polar surface area (TPSA) is 78.9 Å². The van der Waals surface area contributed by atoms with Gasteiger partial charge in [0.05, 0.1) is 0 Å². The van der Waals surface area contributed by atoms with Crippen molar-refractivity contribution < 1.29 is 28.6 Å². The van der Waals surface area contributed by atoms with Gasteiger partial charge in [-0.15, -0.1) is 0 Å². The number of hydrogen-bond donors (Lipinski definition) is 0. The first-order valence-corrected chi connectivity index (χ1v) is 33.3. The molecule has 0 bridgehead atoms. The van der Waals surface area contributed by atoms with Gasteiger partial charge < -0.3 is 14.2 Å². The lowest BCUT2D eigenvalue weighted by Crippen LogP contribution is -2.30. The molecule has 436 valence electrons. The van der Waals surface area contributed by atoms with E-state index in [-0.39, 0.29) is 31.1 Å². The van der Waals surface area contributed by atoms with Crippen LogP contribution < -0.4 is 0 Å². The van der Waals surface area contributed by atoms with Crippen LogP contribution in [0, 0.1) is 0 Å². The lowest BCUT2D eigenvalue weighted by atomic mass is 10.0. The van der Waals surface area contributed by atoms with Crippen LogP contribution in [0.15, 0.2) is 24.3 Å². The van der Waals surface area contributed by atoms with Gasteiger partial charge in [-0.3, -0.25) is 14.4 Å². The molecule has 0 spiro atoms. The van der Waals surface area contributed by atoms with Crippen LogP contribution in [0.5, 0.6) is 0 Å². The minimum absolute atomic E-state index is 0.0727. The molecule has 1 unspecified atom stereocenters. The lowest BCUT2D eigenvalue weighted by molar-refractivity contribution is -0.167. The van der Waals surface area contributed by atoms with E-state index < -0.39 is 6.10 Å². The first kappa shape index (κ1) is 71.9. The summed E-state index contributed by atoms with van der Waals surface area (Å²) >= 11 is 0. The first-order chi connectivity index (χ1) is 36.5. The number of hydrogen-bond acceptors (Lipinski definition) is 6. The summed E-state index contributed by atoms with van der Waals surface area (Å²) < 4.78 is 16.8. The maximum atomic E-state index is 12.8. The maximum Gasteiger partial charge on any atom is 0.306 e. The molecule has 0 N–H and O–H groups in total. The van der Waals surface area contributed by atoms with Crippen molar-refractivity contribution in [3.63, 3.8) is 0 Å². The van der Waals surface area contributed by atoms with Crippen molar-refractivity contribution in [2.75, 3.05) is 13.2 Å². The fourth-order valence-electron chi connectivity index (χ4n) is 10.2. The van der Waals surface area contributed by atoms with Gasteiger partial charge in [-0.2, -0.15) is 0 Å². The molecule has 0 rings (SSSR count). The Morgan fingerprint density at radius 3 is 0.770 bits per heavy atom. The second kappa shape index (κ2) is 63.4. The Bertz CT molecular complexity index is 1190. The van der Waals surface area contributed by atoms with Gasteiger partial charge in [0.25, 0.3) is 0 Å². The number of allylic oxidation sites excluding steroid dienone is 4. The van der Waals surface area contributed by atoms with Crippen molar-refractivity contribution >= 4 is 17.9 Å². The van der Waals surface area contributed by atoms with Crippen LogP contribution in [0.2, 0.25) is 0 Å². The van der Waals surface area contributed by atoms with Crippen LogP contribution >= 0.6 is 0 Å². The zero-order chi connectivity index (χ0) is 53.6. The quantitative estimate of drug-likeness (QED) is 0.0261. The van der Waals surface area contributed by atoms with Crippen molar-refractivity contribution in [3.8, 4) is 0 Å². The third kappa shape index (κ3) is 60.8. The Labute approximate surface area is 462 Å². The molecule has 0 saturated carbocycles. The molecule has 1 atom stereocenters. The highest BCUT2D eigenvalue weighted by molar-refractivity contribution is 5.71. The van der Waals surface area contributed by atoms with E-state index in [1.807, 2.05) is 0 Å². The average Bonchev–Trinajstić information content (AvgIpc) is 3.40. The molecule has 0 fully saturated rings. The number of unbranched alkanes of at least 4 members (excludes halogenated alkanes) is 47. The van der Waals surface area contributed by atoms with E-state index in [4.69, 9.17) is 14.2 Å². The largest absolute Gasteiger partial charge is 0.462 e. The predicted octanol–water partition coefficient (Wildman–Crippen LogP) is 22.6. The van der Waals surface area contributed by atoms with Crippen molar-refractivity contribution in [3.05, 3.63) is 24.3 Å². The molecule has 74 heavy (non-hydrogen) atoms. The highest BCUT2D eigenvalue weighted by Gasteiger charge is 2.19. The number of esters is 3. The van der Waals surface area contributed by atoms with Gasteiger partial charge >= 0.3 is 17.9 Å². The summed E-state index contributed by atoms with van der Waals surface area (Å²) in [7, 11) is 0. The van der Waals surface area contributed by atoms with Crippen LogP contribution in [0.25, 0.3) is 0 Å². The predicted molar refractivity (Wildman–Crippen MR) is 321 cm³/mol. The van der Waals surface area contributed by atoms with Gasteiger partial charge in [0, 0.05) is 19.3 Å². The molecule has 0 saturated heterocycles. The SMILES string of the molecule is CCCCC/C=C\C/C=C\CCCCCCCC(=O)OC(COC(=O)CCCCCCCC)COC(=O)CCCCCCCCCCCCCCCCCCCCCCCCCCCCCCCCCCCCC. The molecule has 0 aromatic heterocycles. The molecular formula is C68H128O6. The number of rotatable bonds is 62. The van der Waals surface area contributed by atoms with E-state index >= 15 is 0 Å². The van der Waals surface area contributed by atoms with Crippen molar-refractivity contribution in [2.45, 2.75) is 380 Å². The van der Waals surface area contributed by atoms with Crippen LogP contribution in [0.1, 0.15) is 374 Å². The molecule has 6 heteroatoms. The minimum Gasteiger partial charge on any atom is -0.462 e. The third-order valence-electron chi connectivity index (χ3n) is 15.2. The normalized spacial score (nSPS) is 12.1. The number of ether oxygens (including phenoxy) is 3. The highest BCUT2D eigenvalue weighted by Crippen LogP contribution is 2.19. The molecule has 0 aliphatic rings. The van der Waals surface area contributed by atoms with Crippen molar-refractivity contribution in [1.29, 1.82) is 0 Å². The van der Waals surface area contributed by atoms with E-state index in [1.54, 1.807) is 0 Å². The first-order valence-electron chi connectivity index (χ1n) is 33.3. The van der Waals surface area contributed by atoms with E-state index in [2.05, 4.69) is 45.1 Å². The molecule has 0 heterocycles. The summed E-state index contributed by atoms with van der Waals surface area (Å²) in [4.78, 5) is 37.9. The van der Waals surface area contributed by atoms with E-state index in [0.29, 0.717) is 19.3 Å². The molecule has 0 aliphatic heterocycles. The summed E-state index contributed by atoms with van der Waals surface area (Å²) in [6, 6.07) is 0. The summed E-state index contributed by atoms with van der Waals surface area (Å²) in [5, 5.41) is 0. The molecule has 0 amide bonds. The minimum atomic E-state index is -0.772. The Kier molecular flexibility index (Phi) is 61.6. The maximum absolute atomic E-state index is 12.8. The molecule has 0 aromatic rings. The Morgan fingerprint density at radius 1 is 0.270 bits per heavy atom. The standard InChI is InChI=1S/C68H128O6/c1-4-7-10-13-16-18-20-22-24-25-26-27-28-29-30-31-32-33-34-35-36-37-38-39-40-41-42-43-45-46-48-50-52-55-58-61-67(70)73-64-65(63-72-66(69)60-57-54-15-12-9-6-3)74-68(71)62-59-56-53-51-49-47-44-23-21-19-17-14-11-8-5-2/h17,19,23,44,65H,4-16,18,20-22,24-43,45-64H2,1-3H3/b19-17-,44-23-. The Morgan fingerprint density at radius 2 is 0.486 bits per heavy atom. The third-order valence-corrected chi connectivity index (χ3v) is 15.2. The van der Waals surface area contributed by atoms with Gasteiger partial charge in [-0.25, -0.2) is 0 Å². The fraction of sp³-hybridized carbons (Fsp3) is 0.897. The van der Waals surface area contributed by atoms with E-state index in [0.717, 1.165) is 77.0 Å². The van der Waals surface area contributed by atoms with Gasteiger partial charge in [-0.05, 0) is 51.4 Å². The molecule has 6 nitrogen and oxygen atoms in total. The van der Waals surface area contributed by atoms with Crippen molar-refractivity contribution in [1.82, 2.24) is 0 Å². The molecule has 0 radical (unpaired) electrons. The van der Waals surface area contributed by atoms with Crippen LogP contribution in [0.4, 0.5) is 0 Å². The van der Waals surface area contributed by atoms with Crippen LogP contribution in [-0.2, 0) is 28.6 Å². The van der Waals surface area contributed by atoms with Crippen molar-refractivity contribution in [2.24, 2.45) is 0 Å². The summed E-state index contributed by atoms with van der Waals surface area (Å²) in [5.41, 5.74) is 0. The zero-order valence-electron chi connectivity index (χ0n) is 50.1. The van der Waals surface area contributed by atoms with Gasteiger partial charge in [-0.1, -0.05) is 328 Å². The second-order valence-electron chi connectivity index (χ2n) is 22.7. The summed E-state index contributed by atoms with van der Waals surface area (Å²) in [6.45, 7) is 6.59. The van der Waals surface area contributed by atoms with Gasteiger partial charge in [0.1, 0.15) is 13.2 Å². The lowest BCUT2D eigenvalue weighted by Gasteiger charge is -2.18. The van der Waals surface area contributed by atoms with Gasteiger partial charge in [0.2, 0.25) is 0 Å². The molecular weight excluding hydrogens is 913 g/mol. The average molecular weight is 1040 g/mol.